The molecule has 32 heavy (non-hydrogen) atoms. The first-order valence-corrected chi connectivity index (χ1v) is 12.5. The first-order valence-electron chi connectivity index (χ1n) is 9.41. The van der Waals surface area contributed by atoms with Gasteiger partial charge in [-0.15, -0.1) is 0 Å². The van der Waals surface area contributed by atoms with Crippen LogP contribution in [0.3, 0.4) is 0 Å². The van der Waals surface area contributed by atoms with E-state index in [0.717, 1.165) is 0 Å². The minimum atomic E-state index is -5.18. The van der Waals surface area contributed by atoms with Crippen LogP contribution >= 0.6 is 7.82 Å². The van der Waals surface area contributed by atoms with Gasteiger partial charge in [-0.25, -0.2) is 14.2 Å². The Kier molecular flexibility index (Phi) is 12.9. The van der Waals surface area contributed by atoms with Gasteiger partial charge in [0.05, 0.1) is 19.0 Å². The van der Waals surface area contributed by atoms with E-state index in [4.69, 9.17) is 18.7 Å². The van der Waals surface area contributed by atoms with Crippen LogP contribution in [0.2, 0.25) is 0 Å². The predicted octanol–water partition coefficient (Wildman–Crippen LogP) is 0.0794. The molecule has 1 atom stereocenters. The Labute approximate surface area is 186 Å². The number of phosphoric acid groups is 1. The Morgan fingerprint density at radius 1 is 1.09 bits per heavy atom. The highest BCUT2D eigenvalue weighted by Crippen LogP contribution is 2.42. The third kappa shape index (κ3) is 14.3. The summed E-state index contributed by atoms with van der Waals surface area (Å²) in [6, 6.07) is 0. The number of ether oxygens (including phenoxy) is 3. The molecule has 0 heterocycles. The summed E-state index contributed by atoms with van der Waals surface area (Å²) < 4.78 is 58.6. The fourth-order valence-electron chi connectivity index (χ4n) is 2.03. The molecule has 0 bridgehead atoms. The van der Waals surface area contributed by atoms with E-state index in [1.54, 1.807) is 6.92 Å². The first kappa shape index (κ1) is 30.2. The number of carbonyl (C=O) groups excluding carboxylic acids is 3. The van der Waals surface area contributed by atoms with Crippen LogP contribution in [0.1, 0.15) is 34.1 Å². The second-order valence-electron chi connectivity index (χ2n) is 7.02. The van der Waals surface area contributed by atoms with Crippen LogP contribution in [0.25, 0.3) is 0 Å². The summed E-state index contributed by atoms with van der Waals surface area (Å²) in [5.74, 6) is -2.01. The highest BCUT2D eigenvalue weighted by atomic mass is 32.2. The Morgan fingerprint density at radius 2 is 1.69 bits per heavy atom. The molecule has 0 fully saturated rings. The van der Waals surface area contributed by atoms with Gasteiger partial charge in [-0.3, -0.25) is 13.5 Å². The van der Waals surface area contributed by atoms with Crippen LogP contribution < -0.4 is 5.32 Å². The molecule has 0 aromatic carbocycles. The van der Waals surface area contributed by atoms with E-state index < -0.39 is 67.2 Å². The average molecular weight is 507 g/mol. The Balaban J connectivity index is 4.98. The Hall–Kier alpha value is -1.77. The van der Waals surface area contributed by atoms with Crippen LogP contribution in [-0.2, 0) is 47.2 Å². The number of esters is 1. The molecule has 1 amide bonds. The number of phosphoric ester groups is 1. The zero-order valence-corrected chi connectivity index (χ0v) is 20.0. The van der Waals surface area contributed by atoms with E-state index in [1.165, 1.54) is 20.8 Å². The predicted molar refractivity (Wildman–Crippen MR) is 108 cm³/mol. The van der Waals surface area contributed by atoms with E-state index in [-0.39, 0.29) is 25.5 Å². The molecule has 14 nitrogen and oxygen atoms in total. The zero-order valence-electron chi connectivity index (χ0n) is 18.3. The van der Waals surface area contributed by atoms with Crippen molar-refractivity contribution < 1.29 is 60.1 Å². The molecular weight excluding hydrogens is 477 g/mol. The molecule has 188 valence electrons. The molecule has 16 heteroatoms. The third-order valence-corrected chi connectivity index (χ3v) is 5.28. The molecule has 0 aromatic rings. The molecule has 0 aromatic heterocycles. The number of hydrogen-bond donors (Lipinski definition) is 3. The average Bonchev–Trinajstić information content (AvgIpc) is 2.64. The fraction of sp³-hybridized carbons (Fsp3) is 0.812. The number of rotatable bonds is 15. The molecule has 0 radical (unpaired) electrons. The molecule has 0 aliphatic heterocycles. The van der Waals surface area contributed by atoms with Gasteiger partial charge in [-0.1, -0.05) is 13.8 Å². The summed E-state index contributed by atoms with van der Waals surface area (Å²) in [5.41, 5.74) is -1.56. The lowest BCUT2D eigenvalue weighted by Crippen LogP contribution is -2.43. The van der Waals surface area contributed by atoms with Crippen LogP contribution in [0.4, 0.5) is 4.79 Å². The zero-order chi connectivity index (χ0) is 25.0. The summed E-state index contributed by atoms with van der Waals surface area (Å²) in [5, 5.41) is 2.42. The maximum absolute atomic E-state index is 12.3. The maximum Gasteiger partial charge on any atom is 0.508 e. The summed E-state index contributed by atoms with van der Waals surface area (Å²) in [6.07, 6.45) is -2.85. The lowest BCUT2D eigenvalue weighted by atomic mass is 9.87. The van der Waals surface area contributed by atoms with E-state index in [0.29, 0.717) is 0 Å². The number of carbonyl (C=O) groups is 3. The molecule has 0 unspecified atom stereocenters. The SMILES string of the molecule is CCOC(=O)OCCOC(=O)[C@@H](OP(=O)(O)O)C(C)(C)COS(=O)(=O)CCCNC(C)=O. The molecule has 0 rings (SSSR count). The van der Waals surface area contributed by atoms with Crippen molar-refractivity contribution in [2.24, 2.45) is 5.41 Å². The van der Waals surface area contributed by atoms with Crippen molar-refractivity contribution in [3.63, 3.8) is 0 Å². The molecule has 0 aliphatic rings. The van der Waals surface area contributed by atoms with Gasteiger partial charge in [-0.2, -0.15) is 8.42 Å². The topological polar surface area (TPSA) is 201 Å². The third-order valence-electron chi connectivity index (χ3n) is 3.53. The van der Waals surface area contributed by atoms with E-state index in [9.17, 15) is 27.4 Å². The van der Waals surface area contributed by atoms with Crippen LogP contribution in [0.15, 0.2) is 0 Å². The van der Waals surface area contributed by atoms with Crippen molar-refractivity contribution in [3.8, 4) is 0 Å². The van der Waals surface area contributed by atoms with Gasteiger partial charge >= 0.3 is 19.9 Å². The minimum Gasteiger partial charge on any atom is -0.460 e. The van der Waals surface area contributed by atoms with Crippen molar-refractivity contribution in [3.05, 3.63) is 0 Å². The molecule has 0 aliphatic carbocycles. The molecule has 3 N–H and O–H groups in total. The number of amides is 1. The fourth-order valence-corrected chi connectivity index (χ4v) is 3.78. The van der Waals surface area contributed by atoms with Gasteiger partial charge in [0.25, 0.3) is 10.1 Å². The van der Waals surface area contributed by atoms with E-state index in [1.807, 2.05) is 0 Å². The van der Waals surface area contributed by atoms with Gasteiger partial charge in [-0.05, 0) is 13.3 Å². The lowest BCUT2D eigenvalue weighted by Gasteiger charge is -2.31. The monoisotopic (exact) mass is 507 g/mol. The van der Waals surface area contributed by atoms with E-state index in [2.05, 4.69) is 19.3 Å². The van der Waals surface area contributed by atoms with Crippen molar-refractivity contribution in [1.82, 2.24) is 5.32 Å². The Morgan fingerprint density at radius 3 is 2.22 bits per heavy atom. The maximum atomic E-state index is 12.3. The van der Waals surface area contributed by atoms with Gasteiger partial charge in [0.2, 0.25) is 5.91 Å². The largest absolute Gasteiger partial charge is 0.508 e. The molecule has 0 saturated carbocycles. The summed E-state index contributed by atoms with van der Waals surface area (Å²) in [4.78, 5) is 52.4. The number of nitrogens with one attached hydrogen (secondary N) is 1. The quantitative estimate of drug-likeness (QED) is 0.116. The second kappa shape index (κ2) is 13.7. The highest BCUT2D eigenvalue weighted by Gasteiger charge is 2.43. The van der Waals surface area contributed by atoms with Crippen LogP contribution in [0, 0.1) is 5.41 Å². The van der Waals surface area contributed by atoms with Gasteiger partial charge in [0, 0.05) is 18.9 Å². The Bertz CT molecular complexity index is 777. The van der Waals surface area contributed by atoms with E-state index >= 15 is 0 Å². The van der Waals surface area contributed by atoms with Crippen molar-refractivity contribution in [1.29, 1.82) is 0 Å². The van der Waals surface area contributed by atoms with Gasteiger partial charge in [0.15, 0.2) is 6.10 Å². The minimum absolute atomic E-state index is 0.0628. The standard InChI is InChI=1S/C16H30NO13PS/c1-5-26-15(20)28-9-8-27-14(19)13(30-31(21,22)23)16(3,4)11-29-32(24,25)10-6-7-17-12(2)18/h13H,5-11H2,1-4H3,(H,17,18)(H2,21,22,23)/t13-/m1/s1. The normalized spacial score (nSPS) is 13.2. The summed E-state index contributed by atoms with van der Waals surface area (Å²) >= 11 is 0. The van der Waals surface area contributed by atoms with Crippen molar-refractivity contribution >= 4 is 36.0 Å². The molecule has 0 spiro atoms. The van der Waals surface area contributed by atoms with Crippen LogP contribution in [0.5, 0.6) is 0 Å². The second-order valence-corrected chi connectivity index (χ2v) is 9.98. The van der Waals surface area contributed by atoms with Crippen molar-refractivity contribution in [2.45, 2.75) is 40.2 Å². The van der Waals surface area contributed by atoms with Gasteiger partial charge in [0.1, 0.15) is 13.2 Å². The van der Waals surface area contributed by atoms with Crippen LogP contribution in [-0.4, -0.2) is 81.1 Å². The van der Waals surface area contributed by atoms with Crippen molar-refractivity contribution in [2.75, 3.05) is 38.7 Å². The molecule has 0 saturated heterocycles. The number of hydrogen-bond acceptors (Lipinski definition) is 11. The summed E-state index contributed by atoms with van der Waals surface area (Å²) in [7, 11) is -9.26. The highest BCUT2D eigenvalue weighted by molar-refractivity contribution is 7.86. The first-order chi connectivity index (χ1) is 14.6. The van der Waals surface area contributed by atoms with Gasteiger partial charge < -0.3 is 29.3 Å². The summed E-state index contributed by atoms with van der Waals surface area (Å²) in [6.45, 7) is 4.01. The molecular formula is C16H30NO13PS. The lowest BCUT2D eigenvalue weighted by molar-refractivity contribution is -0.161. The smallest absolute Gasteiger partial charge is 0.460 e.